The Labute approximate surface area is 121 Å². The molecule has 102 valence electrons. The predicted octanol–water partition coefficient (Wildman–Crippen LogP) is 2.68. The number of aromatic nitrogens is 1. The maximum Gasteiger partial charge on any atom is 0.261 e. The third-order valence-corrected chi connectivity index (χ3v) is 4.52. The van der Waals surface area contributed by atoms with Crippen molar-refractivity contribution in [3.05, 3.63) is 39.5 Å². The smallest absolute Gasteiger partial charge is 0.261 e. The molecule has 2 aromatic rings. The highest BCUT2D eigenvalue weighted by Crippen LogP contribution is 2.15. The summed E-state index contributed by atoms with van der Waals surface area (Å²) in [5.74, 6) is 0.0190. The van der Waals surface area contributed by atoms with Crippen LogP contribution < -0.4 is 10.6 Å². The van der Waals surface area contributed by atoms with E-state index in [1.165, 1.54) is 27.7 Å². The van der Waals surface area contributed by atoms with Crippen LogP contribution in [0.1, 0.15) is 33.9 Å². The van der Waals surface area contributed by atoms with Crippen molar-refractivity contribution in [2.45, 2.75) is 19.4 Å². The van der Waals surface area contributed by atoms with Crippen LogP contribution in [0, 0.1) is 0 Å². The van der Waals surface area contributed by atoms with Crippen LogP contribution >= 0.6 is 22.9 Å². The first-order valence-corrected chi connectivity index (χ1v) is 7.88. The van der Waals surface area contributed by atoms with Crippen LogP contribution in [0.5, 0.6) is 0 Å². The first-order valence-electron chi connectivity index (χ1n) is 6.23. The zero-order valence-electron chi connectivity index (χ0n) is 10.8. The molecule has 0 fully saturated rings. The quantitative estimate of drug-likeness (QED) is 0.772. The summed E-state index contributed by atoms with van der Waals surface area (Å²) in [6.07, 6.45) is 2.74. The Morgan fingerprint density at radius 2 is 2.32 bits per heavy atom. The van der Waals surface area contributed by atoms with Crippen molar-refractivity contribution in [1.29, 1.82) is 0 Å². The normalized spacial score (nSPS) is 12.3. The van der Waals surface area contributed by atoms with E-state index in [2.05, 4.69) is 21.9 Å². The molecule has 2 aromatic heterocycles. The van der Waals surface area contributed by atoms with E-state index in [4.69, 9.17) is 0 Å². The predicted molar refractivity (Wildman–Crippen MR) is 79.8 cm³/mol. The molecule has 0 radical (unpaired) electrons. The highest BCUT2D eigenvalue weighted by atomic mass is 32.1. The van der Waals surface area contributed by atoms with Crippen molar-refractivity contribution >= 4 is 28.8 Å². The minimum atomic E-state index is 0.0190. The Morgan fingerprint density at radius 3 is 3.00 bits per heavy atom. The molecule has 0 aromatic carbocycles. The molecule has 4 nitrogen and oxygen atoms in total. The Balaban J connectivity index is 1.59. The minimum Gasteiger partial charge on any atom is -0.351 e. The summed E-state index contributed by atoms with van der Waals surface area (Å²) >= 11 is 2.98. The molecule has 1 atom stereocenters. The van der Waals surface area contributed by atoms with E-state index >= 15 is 0 Å². The fourth-order valence-corrected chi connectivity index (χ4v) is 2.90. The van der Waals surface area contributed by atoms with Crippen molar-refractivity contribution in [2.24, 2.45) is 0 Å². The standard InChI is InChI=1S/C13H17N3OS2/c1-10(11-5-8-16-19-11)14-6-3-7-15-13(17)12-4-2-9-18-12/h2,4-5,8-10,14H,3,6-7H2,1H3,(H,15,17). The molecule has 2 heterocycles. The summed E-state index contributed by atoms with van der Waals surface area (Å²) in [4.78, 5) is 13.7. The van der Waals surface area contributed by atoms with Gasteiger partial charge in [0.05, 0.1) is 4.88 Å². The van der Waals surface area contributed by atoms with Crippen molar-refractivity contribution in [3.63, 3.8) is 0 Å². The maximum atomic E-state index is 11.7. The fourth-order valence-electron chi connectivity index (χ4n) is 1.65. The summed E-state index contributed by atoms with van der Waals surface area (Å²) in [7, 11) is 0. The van der Waals surface area contributed by atoms with Crippen molar-refractivity contribution < 1.29 is 4.79 Å². The minimum absolute atomic E-state index is 0.0190. The van der Waals surface area contributed by atoms with Crippen molar-refractivity contribution in [3.8, 4) is 0 Å². The monoisotopic (exact) mass is 295 g/mol. The van der Waals surface area contributed by atoms with E-state index in [0.29, 0.717) is 12.6 Å². The molecular weight excluding hydrogens is 278 g/mol. The van der Waals surface area contributed by atoms with E-state index in [1.807, 2.05) is 29.8 Å². The van der Waals surface area contributed by atoms with Gasteiger partial charge in [-0.25, -0.2) is 4.37 Å². The van der Waals surface area contributed by atoms with E-state index in [0.717, 1.165) is 17.8 Å². The van der Waals surface area contributed by atoms with E-state index in [-0.39, 0.29) is 5.91 Å². The van der Waals surface area contributed by atoms with Crippen LogP contribution in [-0.2, 0) is 0 Å². The number of nitrogens with one attached hydrogen (secondary N) is 2. The van der Waals surface area contributed by atoms with Crippen molar-refractivity contribution in [1.82, 2.24) is 15.0 Å². The Bertz CT molecular complexity index is 482. The lowest BCUT2D eigenvalue weighted by Crippen LogP contribution is -2.27. The highest BCUT2D eigenvalue weighted by Gasteiger charge is 2.07. The SMILES string of the molecule is CC(NCCCNC(=O)c1cccs1)c1ccns1. The molecule has 0 saturated heterocycles. The molecule has 0 spiro atoms. The van der Waals surface area contributed by atoms with E-state index < -0.39 is 0 Å². The maximum absolute atomic E-state index is 11.7. The molecule has 2 N–H and O–H groups in total. The lowest BCUT2D eigenvalue weighted by molar-refractivity contribution is 0.0957. The molecule has 0 bridgehead atoms. The van der Waals surface area contributed by atoms with Crippen LogP contribution in [0.4, 0.5) is 0 Å². The van der Waals surface area contributed by atoms with Gasteiger partial charge in [-0.2, -0.15) is 0 Å². The number of carbonyl (C=O) groups excluding carboxylic acids is 1. The number of nitrogens with zero attached hydrogens (tertiary/aromatic N) is 1. The van der Waals surface area contributed by atoms with Crippen LogP contribution in [0.15, 0.2) is 29.8 Å². The first-order chi connectivity index (χ1) is 9.27. The summed E-state index contributed by atoms with van der Waals surface area (Å²) in [6.45, 7) is 3.70. The molecule has 6 heteroatoms. The Morgan fingerprint density at radius 1 is 1.42 bits per heavy atom. The van der Waals surface area contributed by atoms with E-state index in [9.17, 15) is 4.79 Å². The molecule has 2 rings (SSSR count). The topological polar surface area (TPSA) is 54.0 Å². The van der Waals surface area contributed by atoms with Crippen molar-refractivity contribution in [2.75, 3.05) is 13.1 Å². The van der Waals surface area contributed by atoms with Gasteiger partial charge in [0.15, 0.2) is 0 Å². The van der Waals surface area contributed by atoms with Crippen LogP contribution in [0.3, 0.4) is 0 Å². The summed E-state index contributed by atoms with van der Waals surface area (Å²) in [5.41, 5.74) is 0. The molecule has 0 aliphatic carbocycles. The lowest BCUT2D eigenvalue weighted by Gasteiger charge is -2.11. The largest absolute Gasteiger partial charge is 0.351 e. The number of thiophene rings is 1. The second-order valence-corrected chi connectivity index (χ2v) is 5.99. The number of amides is 1. The molecule has 1 unspecified atom stereocenters. The van der Waals surface area contributed by atoms with Gasteiger partial charge in [-0.15, -0.1) is 11.3 Å². The molecule has 0 saturated carbocycles. The molecular formula is C13H17N3OS2. The molecule has 19 heavy (non-hydrogen) atoms. The Hall–Kier alpha value is -1.24. The average Bonchev–Trinajstić information content (AvgIpc) is 3.10. The third kappa shape index (κ3) is 4.41. The van der Waals surface area contributed by atoms with Gasteiger partial charge in [-0.3, -0.25) is 4.79 Å². The number of hydrogen-bond acceptors (Lipinski definition) is 5. The van der Waals surface area contributed by atoms with Gasteiger partial charge < -0.3 is 10.6 Å². The molecule has 0 aliphatic rings. The summed E-state index contributed by atoms with van der Waals surface area (Å²) in [6, 6.07) is 6.07. The zero-order valence-corrected chi connectivity index (χ0v) is 12.4. The van der Waals surface area contributed by atoms with Crippen LogP contribution in [-0.4, -0.2) is 23.4 Å². The van der Waals surface area contributed by atoms with Gasteiger partial charge in [-0.1, -0.05) is 6.07 Å². The van der Waals surface area contributed by atoms with Crippen LogP contribution in [0.25, 0.3) is 0 Å². The lowest BCUT2D eigenvalue weighted by atomic mass is 10.2. The van der Waals surface area contributed by atoms with Gasteiger partial charge in [0.2, 0.25) is 0 Å². The number of hydrogen-bond donors (Lipinski definition) is 2. The highest BCUT2D eigenvalue weighted by molar-refractivity contribution is 7.12. The average molecular weight is 295 g/mol. The summed E-state index contributed by atoms with van der Waals surface area (Å²) in [5, 5.41) is 8.24. The number of rotatable bonds is 7. The van der Waals surface area contributed by atoms with Gasteiger partial charge >= 0.3 is 0 Å². The fraction of sp³-hybridized carbons (Fsp3) is 0.385. The second-order valence-electron chi connectivity index (χ2n) is 4.18. The first kappa shape index (κ1) is 14.2. The number of carbonyl (C=O) groups is 1. The van der Waals surface area contributed by atoms with Gasteiger partial charge in [-0.05, 0) is 48.9 Å². The molecule has 1 amide bonds. The second kappa shape index (κ2) is 7.37. The van der Waals surface area contributed by atoms with Gasteiger partial charge in [0.1, 0.15) is 0 Å². The van der Waals surface area contributed by atoms with Crippen LogP contribution in [0.2, 0.25) is 0 Å². The van der Waals surface area contributed by atoms with Gasteiger partial charge in [0, 0.05) is 23.7 Å². The Kier molecular flexibility index (Phi) is 5.50. The molecule has 0 aliphatic heterocycles. The van der Waals surface area contributed by atoms with E-state index in [1.54, 1.807) is 0 Å². The van der Waals surface area contributed by atoms with Gasteiger partial charge in [0.25, 0.3) is 5.91 Å². The third-order valence-electron chi connectivity index (χ3n) is 2.72. The zero-order chi connectivity index (χ0) is 13.5. The summed E-state index contributed by atoms with van der Waals surface area (Å²) < 4.78 is 4.09.